The Morgan fingerprint density at radius 3 is 2.35 bits per heavy atom. The Bertz CT molecular complexity index is 948. The van der Waals surface area contributed by atoms with Crippen molar-refractivity contribution in [1.29, 1.82) is 0 Å². The fourth-order valence-electron chi connectivity index (χ4n) is 2.64. The number of halogens is 2. The molecule has 0 atom stereocenters. The van der Waals surface area contributed by atoms with Crippen molar-refractivity contribution < 1.29 is 18.3 Å². The first kappa shape index (κ1) is 17.6. The van der Waals surface area contributed by atoms with Gasteiger partial charge in [0.2, 0.25) is 0 Å². The van der Waals surface area contributed by atoms with Gasteiger partial charge >= 0.3 is 0 Å². The van der Waals surface area contributed by atoms with Gasteiger partial charge in [0.15, 0.2) is 11.6 Å². The SMILES string of the molecule is COc1ccc(Cc2cc(-c3cc(F)c(F)cc3OC)ncn2)cc1N. The summed E-state index contributed by atoms with van der Waals surface area (Å²) >= 11 is 0. The van der Waals surface area contributed by atoms with Gasteiger partial charge in [-0.05, 0) is 29.8 Å². The van der Waals surface area contributed by atoms with E-state index in [0.717, 1.165) is 17.7 Å². The lowest BCUT2D eigenvalue weighted by Crippen LogP contribution is -1.99. The molecule has 2 aromatic carbocycles. The van der Waals surface area contributed by atoms with Crippen LogP contribution in [0.2, 0.25) is 0 Å². The molecule has 26 heavy (non-hydrogen) atoms. The molecule has 7 heteroatoms. The highest BCUT2D eigenvalue weighted by molar-refractivity contribution is 5.67. The Hall–Kier alpha value is -3.22. The maximum absolute atomic E-state index is 13.6. The van der Waals surface area contributed by atoms with E-state index in [-0.39, 0.29) is 5.75 Å². The predicted molar refractivity (Wildman–Crippen MR) is 94.1 cm³/mol. The van der Waals surface area contributed by atoms with Gasteiger partial charge in [-0.3, -0.25) is 0 Å². The second-order valence-electron chi connectivity index (χ2n) is 5.61. The van der Waals surface area contributed by atoms with Crippen LogP contribution in [0.3, 0.4) is 0 Å². The minimum absolute atomic E-state index is 0.197. The van der Waals surface area contributed by atoms with E-state index < -0.39 is 11.6 Å². The van der Waals surface area contributed by atoms with Crippen LogP contribution in [0.15, 0.2) is 42.7 Å². The zero-order chi connectivity index (χ0) is 18.7. The molecule has 2 N–H and O–H groups in total. The number of benzene rings is 2. The summed E-state index contributed by atoms with van der Waals surface area (Å²) in [5.41, 5.74) is 8.88. The van der Waals surface area contributed by atoms with Gasteiger partial charge in [0.05, 0.1) is 25.6 Å². The third-order valence-corrected chi connectivity index (χ3v) is 3.92. The van der Waals surface area contributed by atoms with Crippen molar-refractivity contribution in [2.75, 3.05) is 20.0 Å². The molecule has 0 aliphatic heterocycles. The van der Waals surface area contributed by atoms with Gasteiger partial charge in [0, 0.05) is 23.7 Å². The van der Waals surface area contributed by atoms with Crippen LogP contribution in [-0.4, -0.2) is 24.2 Å². The van der Waals surface area contributed by atoms with Crippen LogP contribution < -0.4 is 15.2 Å². The number of methoxy groups -OCH3 is 2. The van der Waals surface area contributed by atoms with Crippen molar-refractivity contribution in [3.05, 3.63) is 65.6 Å². The number of nitrogens with zero attached hydrogens (tertiary/aromatic N) is 2. The van der Waals surface area contributed by atoms with Gasteiger partial charge in [0.1, 0.15) is 17.8 Å². The standard InChI is InChI=1S/C19H17F2N3O2/c1-25-18-4-3-11(6-16(18)22)5-12-7-17(24-10-23-12)13-8-14(20)15(21)9-19(13)26-2/h3-4,6-10H,5,22H2,1-2H3. The van der Waals surface area contributed by atoms with Crippen LogP contribution in [0, 0.1) is 11.6 Å². The summed E-state index contributed by atoms with van der Waals surface area (Å²) in [6.07, 6.45) is 1.87. The minimum atomic E-state index is -0.978. The summed E-state index contributed by atoms with van der Waals surface area (Å²) in [7, 11) is 2.94. The summed E-state index contributed by atoms with van der Waals surface area (Å²) in [6.45, 7) is 0. The Morgan fingerprint density at radius 2 is 1.65 bits per heavy atom. The largest absolute Gasteiger partial charge is 0.496 e. The zero-order valence-corrected chi connectivity index (χ0v) is 14.3. The lowest BCUT2D eigenvalue weighted by atomic mass is 10.1. The Labute approximate surface area is 149 Å². The smallest absolute Gasteiger partial charge is 0.162 e. The van der Waals surface area contributed by atoms with E-state index in [1.165, 1.54) is 13.4 Å². The average molecular weight is 357 g/mol. The van der Waals surface area contributed by atoms with E-state index in [1.807, 2.05) is 6.07 Å². The summed E-state index contributed by atoms with van der Waals surface area (Å²) in [4.78, 5) is 8.39. The molecule has 0 bridgehead atoms. The van der Waals surface area contributed by atoms with E-state index in [4.69, 9.17) is 15.2 Å². The van der Waals surface area contributed by atoms with Crippen LogP contribution in [0.1, 0.15) is 11.3 Å². The minimum Gasteiger partial charge on any atom is -0.496 e. The number of hydrogen-bond acceptors (Lipinski definition) is 5. The highest BCUT2D eigenvalue weighted by Crippen LogP contribution is 2.31. The molecule has 1 heterocycles. The van der Waals surface area contributed by atoms with Crippen LogP contribution in [0.4, 0.5) is 14.5 Å². The molecule has 0 saturated carbocycles. The van der Waals surface area contributed by atoms with Gasteiger partial charge in [-0.2, -0.15) is 0 Å². The molecule has 0 fully saturated rings. The van der Waals surface area contributed by atoms with Crippen molar-refractivity contribution >= 4 is 5.69 Å². The van der Waals surface area contributed by atoms with Crippen molar-refractivity contribution in [1.82, 2.24) is 9.97 Å². The maximum Gasteiger partial charge on any atom is 0.162 e. The quantitative estimate of drug-likeness (QED) is 0.707. The highest BCUT2D eigenvalue weighted by Gasteiger charge is 2.14. The molecular formula is C19H17F2N3O2. The van der Waals surface area contributed by atoms with Crippen molar-refractivity contribution in [3.8, 4) is 22.8 Å². The Morgan fingerprint density at radius 1 is 0.923 bits per heavy atom. The molecule has 3 rings (SSSR count). The predicted octanol–water partition coefficient (Wildman–Crippen LogP) is 3.61. The molecular weight excluding hydrogens is 340 g/mol. The first-order valence-corrected chi connectivity index (χ1v) is 7.78. The third kappa shape index (κ3) is 3.56. The van der Waals surface area contributed by atoms with Crippen LogP contribution in [-0.2, 0) is 6.42 Å². The number of anilines is 1. The van der Waals surface area contributed by atoms with E-state index in [0.29, 0.717) is 34.8 Å². The van der Waals surface area contributed by atoms with Crippen LogP contribution >= 0.6 is 0 Å². The van der Waals surface area contributed by atoms with E-state index in [1.54, 1.807) is 25.3 Å². The summed E-state index contributed by atoms with van der Waals surface area (Å²) in [5.74, 6) is -1.15. The second-order valence-corrected chi connectivity index (χ2v) is 5.61. The number of aromatic nitrogens is 2. The van der Waals surface area contributed by atoms with Gasteiger partial charge in [-0.15, -0.1) is 0 Å². The van der Waals surface area contributed by atoms with Crippen molar-refractivity contribution in [2.24, 2.45) is 0 Å². The zero-order valence-electron chi connectivity index (χ0n) is 14.3. The molecule has 5 nitrogen and oxygen atoms in total. The first-order valence-electron chi connectivity index (χ1n) is 7.78. The summed E-state index contributed by atoms with van der Waals surface area (Å²) < 4.78 is 37.3. The fourth-order valence-corrected chi connectivity index (χ4v) is 2.64. The summed E-state index contributed by atoms with van der Waals surface area (Å²) in [5, 5.41) is 0. The van der Waals surface area contributed by atoms with Crippen LogP contribution in [0.25, 0.3) is 11.3 Å². The fraction of sp³-hybridized carbons (Fsp3) is 0.158. The normalized spacial score (nSPS) is 10.6. The molecule has 0 spiro atoms. The monoisotopic (exact) mass is 357 g/mol. The molecule has 0 aliphatic rings. The first-order chi connectivity index (χ1) is 12.5. The summed E-state index contributed by atoms with van der Waals surface area (Å²) in [6, 6.07) is 9.23. The maximum atomic E-state index is 13.6. The average Bonchev–Trinajstić information content (AvgIpc) is 2.64. The molecule has 0 amide bonds. The molecule has 0 aliphatic carbocycles. The van der Waals surface area contributed by atoms with Gasteiger partial charge in [-0.25, -0.2) is 18.7 Å². The number of nitrogens with two attached hydrogens (primary N) is 1. The van der Waals surface area contributed by atoms with Crippen molar-refractivity contribution in [2.45, 2.75) is 6.42 Å². The molecule has 0 unspecified atom stereocenters. The number of hydrogen-bond donors (Lipinski definition) is 1. The Kier molecular flexibility index (Phi) is 4.97. The highest BCUT2D eigenvalue weighted by atomic mass is 19.2. The lowest BCUT2D eigenvalue weighted by Gasteiger charge is -2.10. The molecule has 0 saturated heterocycles. The molecule has 1 aromatic heterocycles. The molecule has 0 radical (unpaired) electrons. The second kappa shape index (κ2) is 7.35. The van der Waals surface area contributed by atoms with Gasteiger partial charge < -0.3 is 15.2 Å². The van der Waals surface area contributed by atoms with E-state index in [9.17, 15) is 8.78 Å². The van der Waals surface area contributed by atoms with Crippen LogP contribution in [0.5, 0.6) is 11.5 Å². The number of ether oxygens (including phenoxy) is 2. The van der Waals surface area contributed by atoms with E-state index in [2.05, 4.69) is 9.97 Å². The Balaban J connectivity index is 1.94. The lowest BCUT2D eigenvalue weighted by molar-refractivity contribution is 0.408. The van der Waals surface area contributed by atoms with Gasteiger partial charge in [-0.1, -0.05) is 6.07 Å². The third-order valence-electron chi connectivity index (χ3n) is 3.92. The topological polar surface area (TPSA) is 70.3 Å². The number of nitrogen functional groups attached to an aromatic ring is 1. The van der Waals surface area contributed by atoms with Crippen molar-refractivity contribution in [3.63, 3.8) is 0 Å². The molecule has 3 aromatic rings. The molecule has 134 valence electrons. The number of rotatable bonds is 5. The van der Waals surface area contributed by atoms with E-state index >= 15 is 0 Å². The van der Waals surface area contributed by atoms with Gasteiger partial charge in [0.25, 0.3) is 0 Å².